The number of aryl methyl sites for hydroxylation is 1. The summed E-state index contributed by atoms with van der Waals surface area (Å²) in [6, 6.07) is 10.9. The smallest absolute Gasteiger partial charge is 0.154 e. The lowest BCUT2D eigenvalue weighted by Crippen LogP contribution is -2.40. The van der Waals surface area contributed by atoms with Gasteiger partial charge in [-0.2, -0.15) is 5.10 Å². The number of nitrogens with zero attached hydrogens (tertiary/aromatic N) is 4. The molecule has 0 radical (unpaired) electrons. The predicted octanol–water partition coefficient (Wildman–Crippen LogP) is 2.63. The van der Waals surface area contributed by atoms with E-state index in [0.29, 0.717) is 6.04 Å². The molecule has 0 spiro atoms. The van der Waals surface area contributed by atoms with E-state index in [1.807, 2.05) is 16.9 Å². The van der Waals surface area contributed by atoms with Gasteiger partial charge in [-0.15, -0.1) is 0 Å². The molecule has 2 N–H and O–H groups in total. The van der Waals surface area contributed by atoms with Crippen molar-refractivity contribution in [2.24, 2.45) is 5.73 Å². The Kier molecular flexibility index (Phi) is 3.50. The molecular formula is C18H21N5. The van der Waals surface area contributed by atoms with E-state index in [9.17, 15) is 0 Å². The number of hydrogen-bond acceptors (Lipinski definition) is 4. The quantitative estimate of drug-likeness (QED) is 0.790. The number of hydrogen-bond donors (Lipinski definition) is 1. The summed E-state index contributed by atoms with van der Waals surface area (Å²) >= 11 is 0. The molecule has 0 saturated carbocycles. The van der Waals surface area contributed by atoms with Crippen LogP contribution in [-0.2, 0) is 0 Å². The fraction of sp³-hybridized carbons (Fsp3) is 0.333. The van der Waals surface area contributed by atoms with E-state index < -0.39 is 0 Å². The average Bonchev–Trinajstić information content (AvgIpc) is 3.00. The maximum absolute atomic E-state index is 6.02. The molecule has 4 rings (SSSR count). The minimum Gasteiger partial charge on any atom is -0.355 e. The highest BCUT2D eigenvalue weighted by molar-refractivity contribution is 5.75. The maximum Gasteiger partial charge on any atom is 0.154 e. The van der Waals surface area contributed by atoms with Crippen molar-refractivity contribution in [2.75, 3.05) is 18.0 Å². The molecule has 0 atom stereocenters. The normalized spacial score (nSPS) is 16.2. The molecule has 1 saturated heterocycles. The molecule has 118 valence electrons. The van der Waals surface area contributed by atoms with Gasteiger partial charge in [-0.3, -0.25) is 0 Å². The standard InChI is InChI=1S/C18H21N5/c1-13-2-4-14(5-3-13)16-12-17-18(20-8-11-23(17)21-16)22-9-6-15(19)7-10-22/h2-5,8,11-12,15H,6-7,9-10,19H2,1H3. The highest BCUT2D eigenvalue weighted by Crippen LogP contribution is 2.26. The second-order valence-corrected chi connectivity index (χ2v) is 6.30. The molecule has 3 aromatic rings. The molecule has 0 amide bonds. The zero-order chi connectivity index (χ0) is 15.8. The van der Waals surface area contributed by atoms with E-state index in [1.54, 1.807) is 0 Å². The fourth-order valence-corrected chi connectivity index (χ4v) is 3.13. The maximum atomic E-state index is 6.02. The van der Waals surface area contributed by atoms with E-state index in [1.165, 1.54) is 5.56 Å². The van der Waals surface area contributed by atoms with Crippen LogP contribution in [0.1, 0.15) is 18.4 Å². The third-order valence-corrected chi connectivity index (χ3v) is 4.56. The Morgan fingerprint density at radius 2 is 1.87 bits per heavy atom. The van der Waals surface area contributed by atoms with Crippen LogP contribution in [-0.4, -0.2) is 33.7 Å². The Hall–Kier alpha value is -2.40. The van der Waals surface area contributed by atoms with Crippen LogP contribution < -0.4 is 10.6 Å². The number of aromatic nitrogens is 3. The van der Waals surface area contributed by atoms with Gasteiger partial charge in [0.2, 0.25) is 0 Å². The summed E-state index contributed by atoms with van der Waals surface area (Å²) in [6.45, 7) is 4.01. The Morgan fingerprint density at radius 1 is 1.13 bits per heavy atom. The van der Waals surface area contributed by atoms with Crippen molar-refractivity contribution in [3.8, 4) is 11.3 Å². The van der Waals surface area contributed by atoms with E-state index in [2.05, 4.69) is 47.1 Å². The van der Waals surface area contributed by atoms with Crippen molar-refractivity contribution in [3.63, 3.8) is 0 Å². The first-order chi connectivity index (χ1) is 11.2. The lowest BCUT2D eigenvalue weighted by molar-refractivity contribution is 0.499. The molecule has 2 aromatic heterocycles. The van der Waals surface area contributed by atoms with Crippen LogP contribution in [0.3, 0.4) is 0 Å². The van der Waals surface area contributed by atoms with E-state index in [0.717, 1.165) is 48.5 Å². The number of nitrogens with two attached hydrogens (primary N) is 1. The minimum atomic E-state index is 0.319. The molecule has 3 heterocycles. The van der Waals surface area contributed by atoms with Crippen molar-refractivity contribution in [1.29, 1.82) is 0 Å². The van der Waals surface area contributed by atoms with Crippen LogP contribution in [0.5, 0.6) is 0 Å². The molecule has 1 aliphatic heterocycles. The Morgan fingerprint density at radius 3 is 2.61 bits per heavy atom. The summed E-state index contributed by atoms with van der Waals surface area (Å²) < 4.78 is 1.92. The predicted molar refractivity (Wildman–Crippen MR) is 92.6 cm³/mol. The molecule has 1 aliphatic rings. The van der Waals surface area contributed by atoms with Gasteiger partial charge >= 0.3 is 0 Å². The summed E-state index contributed by atoms with van der Waals surface area (Å²) in [4.78, 5) is 6.92. The van der Waals surface area contributed by atoms with Crippen molar-refractivity contribution < 1.29 is 0 Å². The summed E-state index contributed by atoms with van der Waals surface area (Å²) in [5.41, 5.74) is 10.4. The van der Waals surface area contributed by atoms with E-state index >= 15 is 0 Å². The molecular weight excluding hydrogens is 286 g/mol. The monoisotopic (exact) mass is 307 g/mol. The zero-order valence-corrected chi connectivity index (χ0v) is 13.3. The van der Waals surface area contributed by atoms with Gasteiger partial charge in [-0.25, -0.2) is 9.50 Å². The number of benzene rings is 1. The van der Waals surface area contributed by atoms with Gasteiger partial charge in [0, 0.05) is 37.1 Å². The van der Waals surface area contributed by atoms with Crippen LogP contribution in [0.15, 0.2) is 42.7 Å². The zero-order valence-electron chi connectivity index (χ0n) is 13.3. The third kappa shape index (κ3) is 2.68. The second-order valence-electron chi connectivity index (χ2n) is 6.30. The van der Waals surface area contributed by atoms with Crippen molar-refractivity contribution in [3.05, 3.63) is 48.3 Å². The van der Waals surface area contributed by atoms with Gasteiger partial charge in [0.15, 0.2) is 5.82 Å². The second kappa shape index (κ2) is 5.66. The van der Waals surface area contributed by atoms with Gasteiger partial charge in [0.05, 0.1) is 5.69 Å². The SMILES string of the molecule is Cc1ccc(-c2cc3c(N4CCC(N)CC4)nccn3n2)cc1. The molecule has 5 heteroatoms. The van der Waals surface area contributed by atoms with Crippen molar-refractivity contribution in [2.45, 2.75) is 25.8 Å². The minimum absolute atomic E-state index is 0.319. The first kappa shape index (κ1) is 14.2. The lowest BCUT2D eigenvalue weighted by Gasteiger charge is -2.31. The number of anilines is 1. The van der Waals surface area contributed by atoms with Crippen molar-refractivity contribution >= 4 is 11.3 Å². The van der Waals surface area contributed by atoms with Gasteiger partial charge in [0.25, 0.3) is 0 Å². The Balaban J connectivity index is 1.74. The van der Waals surface area contributed by atoms with Crippen LogP contribution in [0.2, 0.25) is 0 Å². The Labute approximate surface area is 135 Å². The summed E-state index contributed by atoms with van der Waals surface area (Å²) in [6.07, 6.45) is 5.76. The average molecular weight is 307 g/mol. The van der Waals surface area contributed by atoms with Crippen LogP contribution >= 0.6 is 0 Å². The molecule has 5 nitrogen and oxygen atoms in total. The van der Waals surface area contributed by atoms with Gasteiger partial charge < -0.3 is 10.6 Å². The third-order valence-electron chi connectivity index (χ3n) is 4.56. The van der Waals surface area contributed by atoms with Crippen LogP contribution in [0.4, 0.5) is 5.82 Å². The lowest BCUT2D eigenvalue weighted by atomic mass is 10.1. The highest BCUT2D eigenvalue weighted by atomic mass is 15.3. The van der Waals surface area contributed by atoms with E-state index in [-0.39, 0.29) is 0 Å². The summed E-state index contributed by atoms with van der Waals surface area (Å²) in [5, 5.41) is 4.71. The summed E-state index contributed by atoms with van der Waals surface area (Å²) in [7, 11) is 0. The molecule has 1 aromatic carbocycles. The molecule has 0 aliphatic carbocycles. The van der Waals surface area contributed by atoms with Crippen LogP contribution in [0, 0.1) is 6.92 Å². The van der Waals surface area contributed by atoms with Gasteiger partial charge in [0.1, 0.15) is 5.52 Å². The first-order valence-corrected chi connectivity index (χ1v) is 8.13. The first-order valence-electron chi connectivity index (χ1n) is 8.13. The largest absolute Gasteiger partial charge is 0.355 e. The summed E-state index contributed by atoms with van der Waals surface area (Å²) in [5.74, 6) is 1.00. The van der Waals surface area contributed by atoms with Crippen LogP contribution in [0.25, 0.3) is 16.8 Å². The Bertz CT molecular complexity index is 813. The number of piperidine rings is 1. The molecule has 1 fully saturated rings. The molecule has 23 heavy (non-hydrogen) atoms. The van der Waals surface area contributed by atoms with Gasteiger partial charge in [-0.05, 0) is 25.8 Å². The topological polar surface area (TPSA) is 59.5 Å². The number of fused-ring (bicyclic) bond motifs is 1. The number of rotatable bonds is 2. The highest BCUT2D eigenvalue weighted by Gasteiger charge is 2.20. The fourth-order valence-electron chi connectivity index (χ4n) is 3.13. The van der Waals surface area contributed by atoms with E-state index in [4.69, 9.17) is 10.8 Å². The molecule has 0 bridgehead atoms. The van der Waals surface area contributed by atoms with Crippen molar-refractivity contribution in [1.82, 2.24) is 14.6 Å². The molecule has 0 unspecified atom stereocenters. The van der Waals surface area contributed by atoms with Gasteiger partial charge in [-0.1, -0.05) is 29.8 Å².